The van der Waals surface area contributed by atoms with Crippen molar-refractivity contribution in [3.05, 3.63) is 23.8 Å². The Morgan fingerprint density at radius 3 is 2.12 bits per heavy atom. The summed E-state index contributed by atoms with van der Waals surface area (Å²) in [4.78, 5) is 6.94. The second-order valence-electron chi connectivity index (χ2n) is 7.11. The summed E-state index contributed by atoms with van der Waals surface area (Å²) in [5, 5.41) is 0. The molecule has 0 unspecified atom stereocenters. The summed E-state index contributed by atoms with van der Waals surface area (Å²) in [7, 11) is -4.15. The fourth-order valence-electron chi connectivity index (χ4n) is 4.10. The standard InChI is InChI=1S/C14H17NO3S.C6H15N/c1-10-14(7-3-2-4-8-14)12-9-11(19(16,17)18)5-6-13(12)15-10;1-4-7(5-2)6-3/h5-6,9H,2-4,7-8H2,1H3,(H,16,17,18);4-6H2,1-3H3. The molecule has 1 aromatic carbocycles. The van der Waals surface area contributed by atoms with E-state index in [1.165, 1.54) is 32.1 Å². The molecule has 1 heterocycles. The molecule has 0 bridgehead atoms. The van der Waals surface area contributed by atoms with Gasteiger partial charge in [0.2, 0.25) is 0 Å². The van der Waals surface area contributed by atoms with E-state index in [9.17, 15) is 13.0 Å². The van der Waals surface area contributed by atoms with Gasteiger partial charge in [-0.25, -0.2) is 0 Å². The SMILES string of the molecule is CC1=Nc2ccc(S(=O)(=O)O)cc2C12CCCCC2.CCN(CC)CC. The maximum atomic E-state index is 11.3. The third kappa shape index (κ3) is 4.35. The zero-order valence-corrected chi connectivity index (χ0v) is 17.3. The van der Waals surface area contributed by atoms with Crippen LogP contribution in [0.3, 0.4) is 0 Å². The quantitative estimate of drug-likeness (QED) is 0.776. The van der Waals surface area contributed by atoms with Crippen LogP contribution in [-0.4, -0.2) is 43.2 Å². The minimum absolute atomic E-state index is 0.0268. The lowest BCUT2D eigenvalue weighted by atomic mass is 9.68. The highest BCUT2D eigenvalue weighted by Crippen LogP contribution is 2.49. The van der Waals surface area contributed by atoms with Crippen molar-refractivity contribution in [3.63, 3.8) is 0 Å². The zero-order chi connectivity index (χ0) is 19.4. The van der Waals surface area contributed by atoms with Gasteiger partial charge in [-0.1, -0.05) is 40.0 Å². The van der Waals surface area contributed by atoms with Gasteiger partial charge >= 0.3 is 0 Å². The van der Waals surface area contributed by atoms with Crippen molar-refractivity contribution >= 4 is 21.5 Å². The molecule has 0 aromatic heterocycles. The van der Waals surface area contributed by atoms with Crippen LogP contribution in [0.1, 0.15) is 65.4 Å². The number of aliphatic imine (C=N–C) groups is 1. The third-order valence-electron chi connectivity index (χ3n) is 5.81. The molecule has 6 heteroatoms. The van der Waals surface area contributed by atoms with Crippen LogP contribution >= 0.6 is 0 Å². The van der Waals surface area contributed by atoms with Crippen LogP contribution in [0.2, 0.25) is 0 Å². The molecule has 1 aliphatic carbocycles. The van der Waals surface area contributed by atoms with Gasteiger partial charge < -0.3 is 4.90 Å². The number of nitrogens with zero attached hydrogens (tertiary/aromatic N) is 2. The first-order valence-corrected chi connectivity index (χ1v) is 11.1. The lowest BCUT2D eigenvalue weighted by molar-refractivity contribution is 0.321. The first kappa shape index (κ1) is 21.1. The van der Waals surface area contributed by atoms with E-state index in [-0.39, 0.29) is 10.3 Å². The number of benzene rings is 1. The van der Waals surface area contributed by atoms with Crippen LogP contribution in [0.25, 0.3) is 0 Å². The van der Waals surface area contributed by atoms with E-state index < -0.39 is 10.1 Å². The summed E-state index contributed by atoms with van der Waals surface area (Å²) in [6.07, 6.45) is 5.54. The second-order valence-corrected chi connectivity index (χ2v) is 8.54. The topological polar surface area (TPSA) is 70.0 Å². The molecule has 26 heavy (non-hydrogen) atoms. The molecular formula is C20H32N2O3S. The van der Waals surface area contributed by atoms with Crippen molar-refractivity contribution in [1.29, 1.82) is 0 Å². The monoisotopic (exact) mass is 380 g/mol. The Labute approximate surface area is 158 Å². The van der Waals surface area contributed by atoms with Crippen molar-refractivity contribution in [1.82, 2.24) is 4.90 Å². The number of hydrogen-bond donors (Lipinski definition) is 1. The highest BCUT2D eigenvalue weighted by atomic mass is 32.2. The fourth-order valence-corrected chi connectivity index (χ4v) is 4.60. The van der Waals surface area contributed by atoms with E-state index >= 15 is 0 Å². The highest BCUT2D eigenvalue weighted by molar-refractivity contribution is 7.85. The minimum Gasteiger partial charge on any atom is -0.304 e. The summed E-state index contributed by atoms with van der Waals surface area (Å²) < 4.78 is 31.8. The smallest absolute Gasteiger partial charge is 0.294 e. The van der Waals surface area contributed by atoms with Crippen LogP contribution in [0.4, 0.5) is 5.69 Å². The van der Waals surface area contributed by atoms with Gasteiger partial charge in [-0.15, -0.1) is 0 Å². The molecule has 1 fully saturated rings. The maximum absolute atomic E-state index is 11.3. The molecule has 1 aromatic rings. The number of hydrogen-bond acceptors (Lipinski definition) is 4. The van der Waals surface area contributed by atoms with Crippen LogP contribution < -0.4 is 0 Å². The third-order valence-corrected chi connectivity index (χ3v) is 6.66. The minimum atomic E-state index is -4.15. The average Bonchev–Trinajstić information content (AvgIpc) is 2.88. The van der Waals surface area contributed by atoms with E-state index in [0.717, 1.165) is 42.6 Å². The van der Waals surface area contributed by atoms with Gasteiger partial charge in [0.1, 0.15) is 0 Å². The van der Waals surface area contributed by atoms with Crippen LogP contribution in [-0.2, 0) is 15.5 Å². The normalized spacial score (nSPS) is 18.3. The molecule has 0 saturated heterocycles. The molecule has 1 aliphatic heterocycles. The Morgan fingerprint density at radius 2 is 1.65 bits per heavy atom. The van der Waals surface area contributed by atoms with Crippen molar-refractivity contribution in [3.8, 4) is 0 Å². The molecule has 1 saturated carbocycles. The average molecular weight is 381 g/mol. The van der Waals surface area contributed by atoms with Crippen LogP contribution in [0, 0.1) is 0 Å². The largest absolute Gasteiger partial charge is 0.304 e. The van der Waals surface area contributed by atoms with E-state index in [1.807, 2.05) is 6.92 Å². The first-order valence-electron chi connectivity index (χ1n) is 9.68. The molecular weight excluding hydrogens is 348 g/mol. The molecule has 2 aliphatic rings. The van der Waals surface area contributed by atoms with Gasteiger partial charge in [-0.3, -0.25) is 9.55 Å². The first-order chi connectivity index (χ1) is 12.3. The Morgan fingerprint density at radius 1 is 1.08 bits per heavy atom. The van der Waals surface area contributed by atoms with Gasteiger partial charge in [0.05, 0.1) is 10.6 Å². The summed E-state index contributed by atoms with van der Waals surface area (Å²) in [5.41, 5.74) is 2.80. The summed E-state index contributed by atoms with van der Waals surface area (Å²) in [6.45, 7) is 12.2. The van der Waals surface area contributed by atoms with Crippen molar-refractivity contribution < 1.29 is 13.0 Å². The maximum Gasteiger partial charge on any atom is 0.294 e. The molecule has 5 nitrogen and oxygen atoms in total. The van der Waals surface area contributed by atoms with Crippen molar-refractivity contribution in [2.75, 3.05) is 19.6 Å². The van der Waals surface area contributed by atoms with Gasteiger partial charge in [0.25, 0.3) is 10.1 Å². The summed E-state index contributed by atoms with van der Waals surface area (Å²) in [5.74, 6) is 0. The Kier molecular flexibility index (Phi) is 6.99. The van der Waals surface area contributed by atoms with Gasteiger partial charge in [0, 0.05) is 11.1 Å². The Hall–Kier alpha value is -1.24. The second kappa shape index (κ2) is 8.63. The Bertz CT molecular complexity index is 741. The lowest BCUT2D eigenvalue weighted by Gasteiger charge is -2.35. The molecule has 0 amide bonds. The molecule has 0 atom stereocenters. The molecule has 1 N–H and O–H groups in total. The van der Waals surface area contributed by atoms with Crippen LogP contribution in [0.15, 0.2) is 28.1 Å². The molecule has 0 radical (unpaired) electrons. The molecule has 3 rings (SSSR count). The van der Waals surface area contributed by atoms with Gasteiger partial charge in [-0.05, 0) is 63.2 Å². The summed E-state index contributed by atoms with van der Waals surface area (Å²) in [6, 6.07) is 4.73. The molecule has 146 valence electrons. The Balaban J connectivity index is 0.000000298. The van der Waals surface area contributed by atoms with E-state index in [0.29, 0.717) is 0 Å². The van der Waals surface area contributed by atoms with Crippen LogP contribution in [0.5, 0.6) is 0 Å². The predicted molar refractivity (Wildman–Crippen MR) is 107 cm³/mol. The van der Waals surface area contributed by atoms with Gasteiger partial charge in [0.15, 0.2) is 0 Å². The van der Waals surface area contributed by atoms with Gasteiger partial charge in [-0.2, -0.15) is 8.42 Å². The number of fused-ring (bicyclic) bond motifs is 2. The van der Waals surface area contributed by atoms with Crippen molar-refractivity contribution in [2.45, 2.75) is 70.1 Å². The molecule has 1 spiro atoms. The summed E-state index contributed by atoms with van der Waals surface area (Å²) >= 11 is 0. The van der Waals surface area contributed by atoms with E-state index in [2.05, 4.69) is 30.7 Å². The van der Waals surface area contributed by atoms with E-state index in [4.69, 9.17) is 0 Å². The highest BCUT2D eigenvalue weighted by Gasteiger charge is 2.42. The zero-order valence-electron chi connectivity index (χ0n) is 16.5. The predicted octanol–water partition coefficient (Wildman–Crippen LogP) is 4.59. The number of rotatable bonds is 4. The van der Waals surface area contributed by atoms with Crippen molar-refractivity contribution in [2.24, 2.45) is 4.99 Å². The fraction of sp³-hybridized carbons (Fsp3) is 0.650. The lowest BCUT2D eigenvalue weighted by Crippen LogP contribution is -2.33. The van der Waals surface area contributed by atoms with E-state index in [1.54, 1.807) is 12.1 Å².